The van der Waals surface area contributed by atoms with Gasteiger partial charge in [-0.05, 0) is 42.2 Å². The second-order valence-corrected chi connectivity index (χ2v) is 6.32. The van der Waals surface area contributed by atoms with Crippen LogP contribution in [0.15, 0.2) is 42.6 Å². The lowest BCUT2D eigenvalue weighted by Gasteiger charge is -2.28. The fourth-order valence-electron chi connectivity index (χ4n) is 2.93. The van der Waals surface area contributed by atoms with Gasteiger partial charge in [-0.25, -0.2) is 4.98 Å². The summed E-state index contributed by atoms with van der Waals surface area (Å²) in [6, 6.07) is 12.2. The van der Waals surface area contributed by atoms with Crippen molar-refractivity contribution in [2.75, 3.05) is 31.2 Å². The Morgan fingerprint density at radius 1 is 1.24 bits per heavy atom. The molecule has 1 fully saturated rings. The highest BCUT2D eigenvalue weighted by Gasteiger charge is 2.13. The minimum absolute atomic E-state index is 0.0768. The minimum atomic E-state index is 0.0768. The van der Waals surface area contributed by atoms with Gasteiger partial charge in [0, 0.05) is 32.3 Å². The van der Waals surface area contributed by atoms with E-state index < -0.39 is 0 Å². The molecule has 25 heavy (non-hydrogen) atoms. The standard InChI is InChI=1S/C20H25N3O2/c1-16-4-2-3-5-18(16)15-22-20(24)7-6-17-8-9-21-19(14-17)23-10-12-25-13-11-23/h2-5,8-9,14H,6-7,10-13,15H2,1H3,(H,22,24). The molecule has 0 bridgehead atoms. The number of anilines is 1. The topological polar surface area (TPSA) is 54.5 Å². The first-order valence-electron chi connectivity index (χ1n) is 8.81. The van der Waals surface area contributed by atoms with E-state index in [4.69, 9.17) is 4.74 Å². The minimum Gasteiger partial charge on any atom is -0.378 e. The Morgan fingerprint density at radius 3 is 2.84 bits per heavy atom. The number of benzene rings is 1. The average molecular weight is 339 g/mol. The quantitative estimate of drug-likeness (QED) is 0.878. The van der Waals surface area contributed by atoms with Crippen molar-refractivity contribution in [2.24, 2.45) is 0 Å². The van der Waals surface area contributed by atoms with Gasteiger partial charge in [0.2, 0.25) is 5.91 Å². The number of aryl methyl sites for hydroxylation is 2. The highest BCUT2D eigenvalue weighted by molar-refractivity contribution is 5.76. The van der Waals surface area contributed by atoms with Crippen LogP contribution in [0.1, 0.15) is 23.1 Å². The summed E-state index contributed by atoms with van der Waals surface area (Å²) in [5, 5.41) is 3.01. The van der Waals surface area contributed by atoms with Crippen molar-refractivity contribution in [1.82, 2.24) is 10.3 Å². The monoisotopic (exact) mass is 339 g/mol. The lowest BCUT2D eigenvalue weighted by molar-refractivity contribution is -0.121. The number of hydrogen-bond acceptors (Lipinski definition) is 4. The first kappa shape index (κ1) is 17.4. The van der Waals surface area contributed by atoms with E-state index in [0.29, 0.717) is 13.0 Å². The van der Waals surface area contributed by atoms with Gasteiger partial charge >= 0.3 is 0 Å². The molecule has 1 N–H and O–H groups in total. The lowest BCUT2D eigenvalue weighted by atomic mass is 10.1. The highest BCUT2D eigenvalue weighted by Crippen LogP contribution is 2.15. The van der Waals surface area contributed by atoms with Gasteiger partial charge < -0.3 is 15.0 Å². The number of nitrogens with one attached hydrogen (secondary N) is 1. The summed E-state index contributed by atoms with van der Waals surface area (Å²) in [6.07, 6.45) is 3.03. The number of aromatic nitrogens is 1. The summed E-state index contributed by atoms with van der Waals surface area (Å²) < 4.78 is 5.38. The van der Waals surface area contributed by atoms with Crippen LogP contribution in [0.5, 0.6) is 0 Å². The van der Waals surface area contributed by atoms with Crippen molar-refractivity contribution in [3.8, 4) is 0 Å². The van der Waals surface area contributed by atoms with Crippen LogP contribution >= 0.6 is 0 Å². The van der Waals surface area contributed by atoms with Gasteiger partial charge in [-0.1, -0.05) is 24.3 Å². The van der Waals surface area contributed by atoms with Crippen LogP contribution in [-0.4, -0.2) is 37.2 Å². The maximum absolute atomic E-state index is 12.1. The van der Waals surface area contributed by atoms with Crippen LogP contribution in [0.3, 0.4) is 0 Å². The molecule has 1 amide bonds. The van der Waals surface area contributed by atoms with E-state index in [1.54, 1.807) is 0 Å². The molecule has 0 radical (unpaired) electrons. The fourth-order valence-corrected chi connectivity index (χ4v) is 2.93. The van der Waals surface area contributed by atoms with Crippen molar-refractivity contribution in [2.45, 2.75) is 26.3 Å². The zero-order chi connectivity index (χ0) is 17.5. The van der Waals surface area contributed by atoms with E-state index in [1.165, 1.54) is 5.56 Å². The maximum Gasteiger partial charge on any atom is 0.220 e. The summed E-state index contributed by atoms with van der Waals surface area (Å²) in [7, 11) is 0. The molecule has 0 aliphatic carbocycles. The third-order valence-electron chi connectivity index (χ3n) is 4.52. The number of carbonyl (C=O) groups excluding carboxylic acids is 1. The van der Waals surface area contributed by atoms with Crippen molar-refractivity contribution in [1.29, 1.82) is 0 Å². The molecule has 0 unspecified atom stereocenters. The fraction of sp³-hybridized carbons (Fsp3) is 0.400. The summed E-state index contributed by atoms with van der Waals surface area (Å²) >= 11 is 0. The second kappa shape index (κ2) is 8.62. The first-order valence-corrected chi connectivity index (χ1v) is 8.81. The number of ether oxygens (including phenoxy) is 1. The Labute approximate surface area is 149 Å². The number of pyridine rings is 1. The van der Waals surface area contributed by atoms with Crippen molar-refractivity contribution in [3.63, 3.8) is 0 Å². The van der Waals surface area contributed by atoms with Gasteiger partial charge in [0.1, 0.15) is 5.82 Å². The molecule has 1 aliphatic heterocycles. The molecule has 1 aromatic carbocycles. The summed E-state index contributed by atoms with van der Waals surface area (Å²) in [5.41, 5.74) is 3.50. The van der Waals surface area contributed by atoms with Crippen LogP contribution in [0.25, 0.3) is 0 Å². The molecule has 0 atom stereocenters. The number of nitrogens with zero attached hydrogens (tertiary/aromatic N) is 2. The number of amides is 1. The van der Waals surface area contributed by atoms with E-state index in [1.807, 2.05) is 30.5 Å². The van der Waals surface area contributed by atoms with Crippen LogP contribution < -0.4 is 10.2 Å². The van der Waals surface area contributed by atoms with Crippen molar-refractivity contribution < 1.29 is 9.53 Å². The number of carbonyl (C=O) groups is 1. The number of morpholine rings is 1. The van der Waals surface area contributed by atoms with E-state index >= 15 is 0 Å². The predicted molar refractivity (Wildman–Crippen MR) is 98.6 cm³/mol. The van der Waals surface area contributed by atoms with Crippen LogP contribution in [0.2, 0.25) is 0 Å². The Kier molecular flexibility index (Phi) is 6.01. The van der Waals surface area contributed by atoms with Gasteiger partial charge in [-0.3, -0.25) is 4.79 Å². The maximum atomic E-state index is 12.1. The largest absolute Gasteiger partial charge is 0.378 e. The second-order valence-electron chi connectivity index (χ2n) is 6.32. The molecule has 5 heteroatoms. The zero-order valence-corrected chi connectivity index (χ0v) is 14.7. The smallest absolute Gasteiger partial charge is 0.220 e. The van der Waals surface area contributed by atoms with Crippen molar-refractivity contribution in [3.05, 3.63) is 59.3 Å². The Balaban J connectivity index is 1.49. The van der Waals surface area contributed by atoms with Crippen molar-refractivity contribution >= 4 is 11.7 Å². The third kappa shape index (κ3) is 5.03. The molecule has 1 saturated heterocycles. The molecule has 132 valence electrons. The Bertz CT molecular complexity index is 712. The highest BCUT2D eigenvalue weighted by atomic mass is 16.5. The first-order chi connectivity index (χ1) is 12.2. The lowest BCUT2D eigenvalue weighted by Crippen LogP contribution is -2.36. The van der Waals surface area contributed by atoms with Gasteiger partial charge in [-0.15, -0.1) is 0 Å². The van der Waals surface area contributed by atoms with E-state index in [-0.39, 0.29) is 5.91 Å². The summed E-state index contributed by atoms with van der Waals surface area (Å²) in [6.45, 7) is 5.87. The summed E-state index contributed by atoms with van der Waals surface area (Å²) in [5.74, 6) is 1.05. The molecular weight excluding hydrogens is 314 g/mol. The molecule has 2 heterocycles. The van der Waals surface area contributed by atoms with Crippen LogP contribution in [0.4, 0.5) is 5.82 Å². The molecule has 5 nitrogen and oxygen atoms in total. The van der Waals surface area contributed by atoms with E-state index in [2.05, 4.69) is 34.3 Å². The van der Waals surface area contributed by atoms with Gasteiger partial charge in [0.15, 0.2) is 0 Å². The third-order valence-corrected chi connectivity index (χ3v) is 4.52. The van der Waals surface area contributed by atoms with Gasteiger partial charge in [0.25, 0.3) is 0 Å². The molecule has 3 rings (SSSR count). The Morgan fingerprint density at radius 2 is 2.04 bits per heavy atom. The van der Waals surface area contributed by atoms with Gasteiger partial charge in [-0.2, -0.15) is 0 Å². The average Bonchev–Trinajstić information content (AvgIpc) is 2.67. The van der Waals surface area contributed by atoms with E-state index in [9.17, 15) is 4.79 Å². The Hall–Kier alpha value is -2.40. The van der Waals surface area contributed by atoms with Crippen LogP contribution in [0, 0.1) is 6.92 Å². The molecule has 0 spiro atoms. The summed E-state index contributed by atoms with van der Waals surface area (Å²) in [4.78, 5) is 18.8. The predicted octanol–water partition coefficient (Wildman–Crippen LogP) is 2.48. The molecule has 0 saturated carbocycles. The molecule has 1 aliphatic rings. The van der Waals surface area contributed by atoms with E-state index in [0.717, 1.165) is 49.7 Å². The molecule has 1 aromatic heterocycles. The number of hydrogen-bond donors (Lipinski definition) is 1. The number of rotatable bonds is 6. The normalized spacial score (nSPS) is 14.4. The molecular formula is C20H25N3O2. The molecule has 2 aromatic rings. The van der Waals surface area contributed by atoms with Gasteiger partial charge in [0.05, 0.1) is 13.2 Å². The zero-order valence-electron chi connectivity index (χ0n) is 14.7. The SMILES string of the molecule is Cc1ccccc1CNC(=O)CCc1ccnc(N2CCOCC2)c1. The van der Waals surface area contributed by atoms with Crippen LogP contribution in [-0.2, 0) is 22.5 Å².